The third-order valence-electron chi connectivity index (χ3n) is 2.83. The first-order valence-electron chi connectivity index (χ1n) is 6.99. The lowest BCUT2D eigenvalue weighted by molar-refractivity contribution is 0.834. The number of hydrazone groups is 1. The molecule has 0 aliphatic carbocycles. The predicted molar refractivity (Wildman–Crippen MR) is 111 cm³/mol. The Morgan fingerprint density at radius 3 is 2.56 bits per heavy atom. The summed E-state index contributed by atoms with van der Waals surface area (Å²) in [5.41, 5.74) is 10.1. The van der Waals surface area contributed by atoms with Gasteiger partial charge >= 0.3 is 0 Å². The number of nitrogens with one attached hydrogen (secondary N) is 4. The molecule has 2 aromatic rings. The number of benzene rings is 1. The lowest BCUT2D eigenvalue weighted by atomic mass is 10.3. The Balaban J connectivity index is 1.81. The molecular weight excluding hydrogens is 399 g/mol. The van der Waals surface area contributed by atoms with Gasteiger partial charge in [-0.25, -0.2) is 0 Å². The second kappa shape index (κ2) is 9.47. The molecule has 1 heterocycles. The summed E-state index contributed by atoms with van der Waals surface area (Å²) >= 11 is 22.2. The number of anilines is 1. The molecule has 10 heteroatoms. The van der Waals surface area contributed by atoms with Gasteiger partial charge in [0, 0.05) is 11.2 Å². The first-order valence-corrected chi connectivity index (χ1v) is 8.56. The van der Waals surface area contributed by atoms with Gasteiger partial charge in [-0.05, 0) is 61.7 Å². The first kappa shape index (κ1) is 19.3. The molecule has 0 aliphatic rings. The molecule has 0 spiro atoms. The van der Waals surface area contributed by atoms with Gasteiger partial charge in [-0.2, -0.15) is 5.10 Å². The number of pyridine rings is 1. The Hall–Kier alpha value is -2.00. The summed E-state index contributed by atoms with van der Waals surface area (Å²) in [5.74, 6) is 0. The van der Waals surface area contributed by atoms with Crippen LogP contribution in [0.5, 0.6) is 0 Å². The minimum Gasteiger partial charge on any atom is -0.330 e. The molecule has 0 aliphatic heterocycles. The maximum atomic E-state index is 6.06. The third kappa shape index (κ3) is 6.43. The normalized spacial score (nSPS) is 10.8. The molecule has 0 unspecified atom stereocenters. The van der Waals surface area contributed by atoms with E-state index in [1.165, 1.54) is 0 Å². The third-order valence-corrected chi connectivity index (χ3v) is 3.79. The molecule has 0 radical (unpaired) electrons. The van der Waals surface area contributed by atoms with Crippen molar-refractivity contribution in [1.82, 2.24) is 21.3 Å². The number of aromatic nitrogens is 1. The number of rotatable bonds is 3. The monoisotopic (exact) mass is 412 g/mol. The summed E-state index contributed by atoms with van der Waals surface area (Å²) in [6.45, 7) is 1.82. The van der Waals surface area contributed by atoms with Crippen LogP contribution in [0.25, 0.3) is 0 Å². The molecule has 1 aromatic carbocycles. The molecule has 2 rings (SSSR count). The van der Waals surface area contributed by atoms with E-state index in [0.717, 1.165) is 5.69 Å². The van der Waals surface area contributed by atoms with Crippen molar-refractivity contribution in [2.45, 2.75) is 6.92 Å². The molecule has 130 valence electrons. The lowest BCUT2D eigenvalue weighted by Gasteiger charge is -2.14. The molecule has 0 amide bonds. The molecule has 0 saturated carbocycles. The average molecular weight is 413 g/mol. The molecule has 0 saturated heterocycles. The van der Waals surface area contributed by atoms with E-state index < -0.39 is 0 Å². The van der Waals surface area contributed by atoms with E-state index in [1.54, 1.807) is 24.4 Å². The van der Waals surface area contributed by atoms with E-state index in [4.69, 9.17) is 47.6 Å². The SMILES string of the molecule is C/C(=N\NC(=S)NNC(=S)Nc1cc(Cl)ccc1Cl)c1ccccn1. The van der Waals surface area contributed by atoms with Crippen LogP contribution in [0.3, 0.4) is 0 Å². The second-order valence-corrected chi connectivity index (χ2v) is 6.34. The van der Waals surface area contributed by atoms with Crippen LogP contribution in [0.15, 0.2) is 47.7 Å². The molecular formula is C15H14Cl2N6S2. The molecule has 6 nitrogen and oxygen atoms in total. The summed E-state index contributed by atoms with van der Waals surface area (Å²) in [4.78, 5) is 4.19. The Morgan fingerprint density at radius 2 is 1.84 bits per heavy atom. The van der Waals surface area contributed by atoms with E-state index in [2.05, 4.69) is 31.7 Å². The summed E-state index contributed by atoms with van der Waals surface area (Å²) in [6, 6.07) is 10.6. The molecule has 4 N–H and O–H groups in total. The zero-order chi connectivity index (χ0) is 18.2. The van der Waals surface area contributed by atoms with Gasteiger partial charge in [-0.3, -0.25) is 21.3 Å². The van der Waals surface area contributed by atoms with E-state index in [1.807, 2.05) is 25.1 Å². The van der Waals surface area contributed by atoms with Crippen LogP contribution in [0.2, 0.25) is 10.0 Å². The first-order chi connectivity index (χ1) is 12.0. The van der Waals surface area contributed by atoms with Gasteiger partial charge in [0.15, 0.2) is 5.11 Å². The highest BCUT2D eigenvalue weighted by Crippen LogP contribution is 2.25. The number of hydrazine groups is 1. The highest BCUT2D eigenvalue weighted by atomic mass is 35.5. The number of thiocarbonyl (C=S) groups is 2. The van der Waals surface area contributed by atoms with Gasteiger partial charge in [0.1, 0.15) is 0 Å². The number of halogens is 2. The summed E-state index contributed by atoms with van der Waals surface area (Å²) in [7, 11) is 0. The zero-order valence-electron chi connectivity index (χ0n) is 13.0. The largest absolute Gasteiger partial charge is 0.330 e. The van der Waals surface area contributed by atoms with Crippen molar-refractivity contribution in [2.24, 2.45) is 5.10 Å². The smallest absolute Gasteiger partial charge is 0.205 e. The average Bonchev–Trinajstić information content (AvgIpc) is 2.61. The van der Waals surface area contributed by atoms with E-state index >= 15 is 0 Å². The van der Waals surface area contributed by atoms with E-state index in [9.17, 15) is 0 Å². The number of hydrogen-bond donors (Lipinski definition) is 4. The predicted octanol–water partition coefficient (Wildman–Crippen LogP) is 3.48. The van der Waals surface area contributed by atoms with Gasteiger partial charge in [0.05, 0.1) is 22.1 Å². The van der Waals surface area contributed by atoms with Gasteiger partial charge in [0.25, 0.3) is 0 Å². The van der Waals surface area contributed by atoms with E-state index in [0.29, 0.717) is 21.4 Å². The molecule has 0 bridgehead atoms. The van der Waals surface area contributed by atoms with Crippen molar-refractivity contribution >= 4 is 69.3 Å². The quantitative estimate of drug-likeness (QED) is 0.349. The van der Waals surface area contributed by atoms with Crippen LogP contribution >= 0.6 is 47.6 Å². The molecule has 0 atom stereocenters. The number of hydrogen-bond acceptors (Lipinski definition) is 4. The number of nitrogens with zero attached hydrogens (tertiary/aromatic N) is 2. The van der Waals surface area contributed by atoms with Crippen LogP contribution < -0.4 is 21.6 Å². The second-order valence-electron chi connectivity index (χ2n) is 4.68. The van der Waals surface area contributed by atoms with Crippen molar-refractivity contribution in [2.75, 3.05) is 5.32 Å². The van der Waals surface area contributed by atoms with Crippen molar-refractivity contribution in [3.63, 3.8) is 0 Å². The maximum Gasteiger partial charge on any atom is 0.205 e. The maximum absolute atomic E-state index is 6.06. The summed E-state index contributed by atoms with van der Waals surface area (Å²) in [6.07, 6.45) is 1.69. The van der Waals surface area contributed by atoms with Crippen LogP contribution in [0.1, 0.15) is 12.6 Å². The van der Waals surface area contributed by atoms with Crippen LogP contribution in [-0.4, -0.2) is 20.9 Å². The lowest BCUT2D eigenvalue weighted by Crippen LogP contribution is -2.47. The Bertz CT molecular complexity index is 798. The van der Waals surface area contributed by atoms with Crippen molar-refractivity contribution < 1.29 is 0 Å². The van der Waals surface area contributed by atoms with Gasteiger partial charge in [0.2, 0.25) is 5.11 Å². The minimum atomic E-state index is 0.233. The highest BCUT2D eigenvalue weighted by molar-refractivity contribution is 7.80. The van der Waals surface area contributed by atoms with Crippen LogP contribution in [0, 0.1) is 0 Å². The highest BCUT2D eigenvalue weighted by Gasteiger charge is 2.04. The van der Waals surface area contributed by atoms with Crippen LogP contribution in [-0.2, 0) is 0 Å². The Kier molecular flexibility index (Phi) is 7.32. The fraction of sp³-hybridized carbons (Fsp3) is 0.0667. The Morgan fingerprint density at radius 1 is 1.08 bits per heavy atom. The molecule has 1 aromatic heterocycles. The minimum absolute atomic E-state index is 0.233. The molecule has 25 heavy (non-hydrogen) atoms. The van der Waals surface area contributed by atoms with Crippen molar-refractivity contribution in [3.8, 4) is 0 Å². The molecule has 0 fully saturated rings. The summed E-state index contributed by atoms with van der Waals surface area (Å²) in [5, 5.41) is 8.57. The van der Waals surface area contributed by atoms with Gasteiger partial charge < -0.3 is 5.32 Å². The summed E-state index contributed by atoms with van der Waals surface area (Å²) < 4.78 is 0. The van der Waals surface area contributed by atoms with Crippen molar-refractivity contribution in [3.05, 3.63) is 58.3 Å². The fourth-order valence-electron chi connectivity index (χ4n) is 1.66. The fourth-order valence-corrected chi connectivity index (χ4v) is 2.25. The Labute approximate surface area is 166 Å². The van der Waals surface area contributed by atoms with E-state index in [-0.39, 0.29) is 10.2 Å². The van der Waals surface area contributed by atoms with Crippen molar-refractivity contribution in [1.29, 1.82) is 0 Å². The topological polar surface area (TPSA) is 73.4 Å². The van der Waals surface area contributed by atoms with Gasteiger partial charge in [-0.1, -0.05) is 29.3 Å². The zero-order valence-corrected chi connectivity index (χ0v) is 16.2. The van der Waals surface area contributed by atoms with Gasteiger partial charge in [-0.15, -0.1) is 0 Å². The standard InChI is InChI=1S/C15H14Cl2N6S2/c1-9(12-4-2-3-7-18-12)20-22-15(25)23-21-14(24)19-13-8-10(16)5-6-11(13)17/h2-8H,1H3,(H2,19,21,24)(H2,22,23,25)/b20-9+. The van der Waals surface area contributed by atoms with Crippen LogP contribution in [0.4, 0.5) is 5.69 Å².